The molecule has 2 aromatic carbocycles. The fraction of sp³-hybridized carbons (Fsp3) is 0.250. The van der Waals surface area contributed by atoms with E-state index in [2.05, 4.69) is 4.98 Å². The molecule has 3 aromatic rings. The summed E-state index contributed by atoms with van der Waals surface area (Å²) in [4.78, 5) is 32.4. The smallest absolute Gasteiger partial charge is 0.296 e. The number of nitrogens with zero attached hydrogens (tertiary/aromatic N) is 2. The van der Waals surface area contributed by atoms with Gasteiger partial charge in [-0.05, 0) is 60.9 Å². The maximum absolute atomic E-state index is 13.4. The van der Waals surface area contributed by atoms with Crippen LogP contribution < -0.4 is 14.2 Å². The number of ketones is 1. The van der Waals surface area contributed by atoms with Gasteiger partial charge in [-0.15, -0.1) is 0 Å². The van der Waals surface area contributed by atoms with Gasteiger partial charge in [0, 0.05) is 11.8 Å². The van der Waals surface area contributed by atoms with E-state index in [1.54, 1.807) is 42.6 Å². The number of carbonyl (C=O) groups excluding carboxylic acids is 2. The molecule has 186 valence electrons. The third-order valence-electron chi connectivity index (χ3n) is 6.38. The Hall–Kier alpha value is -4.33. The Kier molecular flexibility index (Phi) is 6.96. The summed E-state index contributed by atoms with van der Waals surface area (Å²) in [7, 11) is 4.47. The number of amides is 1. The van der Waals surface area contributed by atoms with E-state index >= 15 is 0 Å². The Balaban J connectivity index is 1.96. The zero-order valence-electron chi connectivity index (χ0n) is 20.9. The predicted molar refractivity (Wildman–Crippen MR) is 134 cm³/mol. The molecular formula is C28H28N2O6. The quantitative estimate of drug-likeness (QED) is 0.300. The molecule has 2 heterocycles. The van der Waals surface area contributed by atoms with Crippen molar-refractivity contribution in [3.8, 4) is 17.2 Å². The van der Waals surface area contributed by atoms with E-state index in [9.17, 15) is 14.7 Å². The molecule has 36 heavy (non-hydrogen) atoms. The number of likely N-dealkylation sites (tertiary alicyclic amines) is 1. The first-order valence-electron chi connectivity index (χ1n) is 11.4. The number of aryl methyl sites for hydroxylation is 2. The predicted octanol–water partition coefficient (Wildman–Crippen LogP) is 4.35. The lowest BCUT2D eigenvalue weighted by Crippen LogP contribution is -2.29. The number of rotatable bonds is 7. The fourth-order valence-electron chi connectivity index (χ4n) is 4.36. The van der Waals surface area contributed by atoms with Crippen LogP contribution in [-0.2, 0) is 16.1 Å². The Bertz CT molecular complexity index is 1320. The molecule has 1 aliphatic rings. The summed E-state index contributed by atoms with van der Waals surface area (Å²) < 4.78 is 16.5. The molecule has 8 heteroatoms. The summed E-state index contributed by atoms with van der Waals surface area (Å²) in [6.07, 6.45) is 1.62. The van der Waals surface area contributed by atoms with Gasteiger partial charge >= 0.3 is 0 Å². The molecule has 1 aromatic heterocycles. The monoisotopic (exact) mass is 488 g/mol. The molecule has 1 aliphatic heterocycles. The van der Waals surface area contributed by atoms with Crippen LogP contribution >= 0.6 is 0 Å². The van der Waals surface area contributed by atoms with Crippen molar-refractivity contribution in [1.82, 2.24) is 9.88 Å². The van der Waals surface area contributed by atoms with Crippen LogP contribution in [0.4, 0.5) is 0 Å². The Labute approximate surface area is 209 Å². The molecule has 0 aliphatic carbocycles. The van der Waals surface area contributed by atoms with E-state index in [4.69, 9.17) is 14.2 Å². The minimum atomic E-state index is -0.915. The van der Waals surface area contributed by atoms with E-state index in [-0.39, 0.29) is 17.9 Å². The Morgan fingerprint density at radius 2 is 1.64 bits per heavy atom. The van der Waals surface area contributed by atoms with Crippen LogP contribution in [0.1, 0.15) is 34.0 Å². The van der Waals surface area contributed by atoms with Gasteiger partial charge in [0.1, 0.15) is 5.76 Å². The number of pyridine rings is 1. The van der Waals surface area contributed by atoms with Crippen molar-refractivity contribution in [3.05, 3.63) is 88.2 Å². The van der Waals surface area contributed by atoms with Gasteiger partial charge in [-0.2, -0.15) is 0 Å². The van der Waals surface area contributed by atoms with Gasteiger partial charge in [0.2, 0.25) is 5.75 Å². The van der Waals surface area contributed by atoms with E-state index in [0.29, 0.717) is 34.1 Å². The number of hydrogen-bond donors (Lipinski definition) is 1. The lowest BCUT2D eigenvalue weighted by molar-refractivity contribution is -0.140. The van der Waals surface area contributed by atoms with Crippen molar-refractivity contribution in [3.63, 3.8) is 0 Å². The third-order valence-corrected chi connectivity index (χ3v) is 6.38. The highest BCUT2D eigenvalue weighted by Gasteiger charge is 2.46. The van der Waals surface area contributed by atoms with Crippen LogP contribution in [-0.4, -0.2) is 48.0 Å². The van der Waals surface area contributed by atoms with Crippen LogP contribution in [0.5, 0.6) is 17.2 Å². The number of hydrogen-bond acceptors (Lipinski definition) is 7. The largest absolute Gasteiger partial charge is 0.507 e. The lowest BCUT2D eigenvalue weighted by Gasteiger charge is -2.26. The zero-order valence-corrected chi connectivity index (χ0v) is 20.9. The average molecular weight is 489 g/mol. The topological polar surface area (TPSA) is 98.2 Å². The number of ether oxygens (including phenoxy) is 3. The minimum absolute atomic E-state index is 0.0199. The van der Waals surface area contributed by atoms with Gasteiger partial charge in [0.25, 0.3) is 11.7 Å². The number of methoxy groups -OCH3 is 3. The molecule has 1 saturated heterocycles. The molecule has 4 rings (SSSR count). The van der Waals surface area contributed by atoms with Gasteiger partial charge in [0.05, 0.1) is 45.2 Å². The number of carbonyl (C=O) groups is 2. The third kappa shape index (κ3) is 4.37. The van der Waals surface area contributed by atoms with Crippen molar-refractivity contribution in [2.45, 2.75) is 26.4 Å². The van der Waals surface area contributed by atoms with Crippen LogP contribution in [0.3, 0.4) is 0 Å². The van der Waals surface area contributed by atoms with Gasteiger partial charge in [-0.25, -0.2) is 0 Å². The number of aliphatic hydroxyl groups is 1. The van der Waals surface area contributed by atoms with Gasteiger partial charge in [0.15, 0.2) is 11.5 Å². The molecule has 0 spiro atoms. The van der Waals surface area contributed by atoms with Crippen LogP contribution in [0.15, 0.2) is 60.3 Å². The van der Waals surface area contributed by atoms with Gasteiger partial charge in [-0.1, -0.05) is 18.2 Å². The molecule has 8 nitrogen and oxygen atoms in total. The van der Waals surface area contributed by atoms with E-state index in [1.165, 1.54) is 26.2 Å². The first-order chi connectivity index (χ1) is 17.3. The maximum Gasteiger partial charge on any atom is 0.296 e. The normalized spacial score (nSPS) is 16.8. The molecule has 1 N–H and O–H groups in total. The SMILES string of the molecule is COc1cc(C2/C(=C(\O)c3ccc(C)c(C)c3)C(=O)C(=O)N2Cc2ccccn2)cc(OC)c1OC. The Morgan fingerprint density at radius 1 is 0.944 bits per heavy atom. The highest BCUT2D eigenvalue weighted by molar-refractivity contribution is 6.46. The van der Waals surface area contributed by atoms with Crippen molar-refractivity contribution >= 4 is 17.4 Å². The summed E-state index contributed by atoms with van der Waals surface area (Å²) in [6, 6.07) is 13.2. The number of Topliss-reactive ketones (excluding diaryl/α,β-unsaturated/α-hetero) is 1. The van der Waals surface area contributed by atoms with Crippen molar-refractivity contribution < 1.29 is 28.9 Å². The average Bonchev–Trinajstić information content (AvgIpc) is 3.14. The molecule has 1 fully saturated rings. The summed E-state index contributed by atoms with van der Waals surface area (Å²) in [5.74, 6) is -0.661. The zero-order chi connectivity index (χ0) is 26.0. The lowest BCUT2D eigenvalue weighted by atomic mass is 9.93. The molecule has 0 radical (unpaired) electrons. The summed E-state index contributed by atoms with van der Waals surface area (Å²) in [6.45, 7) is 3.94. The number of benzene rings is 2. The standard InChI is InChI=1S/C28H28N2O6/c1-16-9-10-18(12-17(16)2)25(31)23-24(19-13-21(34-3)27(36-5)22(14-19)35-4)30(28(33)26(23)32)15-20-8-6-7-11-29-20/h6-14,24,31H,15H2,1-5H3/b25-23+. The van der Waals surface area contributed by atoms with E-state index in [0.717, 1.165) is 11.1 Å². The number of aromatic nitrogens is 1. The first kappa shape index (κ1) is 24.8. The number of aliphatic hydroxyl groups excluding tert-OH is 1. The molecule has 1 unspecified atom stereocenters. The van der Waals surface area contributed by atoms with Gasteiger partial charge in [-0.3, -0.25) is 14.6 Å². The molecular weight excluding hydrogens is 460 g/mol. The summed E-state index contributed by atoms with van der Waals surface area (Å²) >= 11 is 0. The van der Waals surface area contributed by atoms with Crippen molar-refractivity contribution in [1.29, 1.82) is 0 Å². The summed E-state index contributed by atoms with van der Waals surface area (Å²) in [5, 5.41) is 11.4. The van der Waals surface area contributed by atoms with Crippen molar-refractivity contribution in [2.24, 2.45) is 0 Å². The molecule has 1 amide bonds. The van der Waals surface area contributed by atoms with Crippen LogP contribution in [0.25, 0.3) is 5.76 Å². The van der Waals surface area contributed by atoms with E-state index in [1.807, 2.05) is 26.0 Å². The summed E-state index contributed by atoms with van der Waals surface area (Å²) in [5.41, 5.74) is 3.54. The second-order valence-corrected chi connectivity index (χ2v) is 8.51. The van der Waals surface area contributed by atoms with E-state index < -0.39 is 17.7 Å². The van der Waals surface area contributed by atoms with Crippen LogP contribution in [0.2, 0.25) is 0 Å². The minimum Gasteiger partial charge on any atom is -0.507 e. The van der Waals surface area contributed by atoms with Crippen LogP contribution in [0, 0.1) is 13.8 Å². The fourth-order valence-corrected chi connectivity index (χ4v) is 4.36. The second-order valence-electron chi connectivity index (χ2n) is 8.51. The van der Waals surface area contributed by atoms with Crippen molar-refractivity contribution in [2.75, 3.05) is 21.3 Å². The Morgan fingerprint density at radius 3 is 2.19 bits per heavy atom. The first-order valence-corrected chi connectivity index (χ1v) is 11.4. The highest BCUT2D eigenvalue weighted by atomic mass is 16.5. The highest BCUT2D eigenvalue weighted by Crippen LogP contribution is 2.46. The second kappa shape index (κ2) is 10.1. The maximum atomic E-state index is 13.4. The molecule has 1 atom stereocenters. The van der Waals surface area contributed by atoms with Gasteiger partial charge < -0.3 is 24.2 Å². The molecule has 0 saturated carbocycles. The molecule has 0 bridgehead atoms.